The van der Waals surface area contributed by atoms with E-state index in [1.54, 1.807) is 0 Å². The molecule has 2 atom stereocenters. The standard InChI is InChI=1S/C16H21NO4/c1-2-19-16(18)12-4-3-7-17-13(12)8-11-5-6-14-15(9-11)21-10-20-14/h5-6,9,12-13,17H,2-4,7-8,10H2,1H3/t12-,13-/m1/s1. The van der Waals surface area contributed by atoms with Crippen molar-refractivity contribution in [2.24, 2.45) is 5.92 Å². The Morgan fingerprint density at radius 2 is 2.24 bits per heavy atom. The Labute approximate surface area is 124 Å². The highest BCUT2D eigenvalue weighted by Crippen LogP contribution is 2.33. The van der Waals surface area contributed by atoms with Crippen LogP contribution in [0.25, 0.3) is 0 Å². The average molecular weight is 291 g/mol. The summed E-state index contributed by atoms with van der Waals surface area (Å²) in [5.41, 5.74) is 1.15. The number of nitrogens with one attached hydrogen (secondary N) is 1. The van der Waals surface area contributed by atoms with Crippen LogP contribution in [0, 0.1) is 5.92 Å². The Balaban J connectivity index is 1.70. The molecule has 2 aliphatic rings. The first-order valence-corrected chi connectivity index (χ1v) is 7.56. The first kappa shape index (κ1) is 14.2. The van der Waals surface area contributed by atoms with E-state index in [9.17, 15) is 4.79 Å². The molecule has 5 heteroatoms. The molecule has 1 aromatic rings. The van der Waals surface area contributed by atoms with Crippen molar-refractivity contribution < 1.29 is 19.0 Å². The Morgan fingerprint density at radius 3 is 3.10 bits per heavy atom. The maximum absolute atomic E-state index is 12.1. The summed E-state index contributed by atoms with van der Waals surface area (Å²) in [5.74, 6) is 1.42. The molecule has 5 nitrogen and oxygen atoms in total. The van der Waals surface area contributed by atoms with Gasteiger partial charge in [-0.25, -0.2) is 0 Å². The molecule has 2 aliphatic heterocycles. The van der Waals surface area contributed by atoms with E-state index in [2.05, 4.69) is 5.32 Å². The minimum Gasteiger partial charge on any atom is -0.466 e. The van der Waals surface area contributed by atoms with Crippen LogP contribution in [0.2, 0.25) is 0 Å². The van der Waals surface area contributed by atoms with Crippen molar-refractivity contribution in [2.45, 2.75) is 32.2 Å². The van der Waals surface area contributed by atoms with Gasteiger partial charge < -0.3 is 19.5 Å². The third kappa shape index (κ3) is 3.13. The molecule has 0 aromatic heterocycles. The number of carbonyl (C=O) groups is 1. The summed E-state index contributed by atoms with van der Waals surface area (Å²) in [5, 5.41) is 3.45. The fourth-order valence-corrected chi connectivity index (χ4v) is 3.02. The van der Waals surface area contributed by atoms with E-state index >= 15 is 0 Å². The van der Waals surface area contributed by atoms with Crippen LogP contribution in [0.1, 0.15) is 25.3 Å². The van der Waals surface area contributed by atoms with Gasteiger partial charge in [-0.2, -0.15) is 0 Å². The Morgan fingerprint density at radius 1 is 1.38 bits per heavy atom. The van der Waals surface area contributed by atoms with E-state index in [1.807, 2.05) is 25.1 Å². The molecule has 0 aliphatic carbocycles. The third-order valence-electron chi connectivity index (χ3n) is 4.07. The van der Waals surface area contributed by atoms with E-state index in [4.69, 9.17) is 14.2 Å². The lowest BCUT2D eigenvalue weighted by Gasteiger charge is -2.31. The minimum absolute atomic E-state index is 0.0656. The highest BCUT2D eigenvalue weighted by molar-refractivity contribution is 5.73. The Kier molecular flexibility index (Phi) is 4.29. The van der Waals surface area contributed by atoms with Gasteiger partial charge in [0.2, 0.25) is 6.79 Å². The molecule has 0 amide bonds. The maximum atomic E-state index is 12.1. The lowest BCUT2D eigenvalue weighted by molar-refractivity contribution is -0.150. The summed E-state index contributed by atoms with van der Waals surface area (Å²) < 4.78 is 15.9. The van der Waals surface area contributed by atoms with Gasteiger partial charge in [-0.1, -0.05) is 6.07 Å². The third-order valence-corrected chi connectivity index (χ3v) is 4.07. The minimum atomic E-state index is -0.0876. The van der Waals surface area contributed by atoms with E-state index in [1.165, 1.54) is 0 Å². The van der Waals surface area contributed by atoms with E-state index < -0.39 is 0 Å². The fraction of sp³-hybridized carbons (Fsp3) is 0.562. The number of hydrogen-bond acceptors (Lipinski definition) is 5. The second kappa shape index (κ2) is 6.35. The molecule has 0 saturated carbocycles. The smallest absolute Gasteiger partial charge is 0.310 e. The predicted molar refractivity (Wildman–Crippen MR) is 77.4 cm³/mol. The average Bonchev–Trinajstić information content (AvgIpc) is 2.95. The number of esters is 1. The number of piperidine rings is 1. The molecule has 0 spiro atoms. The lowest BCUT2D eigenvalue weighted by Crippen LogP contribution is -2.46. The number of rotatable bonds is 4. The van der Waals surface area contributed by atoms with Crippen molar-refractivity contribution in [3.05, 3.63) is 23.8 Å². The topological polar surface area (TPSA) is 56.8 Å². The molecule has 2 heterocycles. The lowest BCUT2D eigenvalue weighted by atomic mass is 9.87. The summed E-state index contributed by atoms with van der Waals surface area (Å²) in [6, 6.07) is 6.09. The SMILES string of the molecule is CCOC(=O)[C@@H]1CCCN[C@@H]1Cc1ccc2c(c1)OCO2. The normalized spacial score (nSPS) is 23.9. The van der Waals surface area contributed by atoms with Crippen molar-refractivity contribution in [3.63, 3.8) is 0 Å². The second-order valence-electron chi connectivity index (χ2n) is 5.45. The van der Waals surface area contributed by atoms with Crippen molar-refractivity contribution in [3.8, 4) is 11.5 Å². The largest absolute Gasteiger partial charge is 0.466 e. The van der Waals surface area contributed by atoms with Gasteiger partial charge in [0.1, 0.15) is 0 Å². The molecule has 21 heavy (non-hydrogen) atoms. The van der Waals surface area contributed by atoms with Crippen LogP contribution < -0.4 is 14.8 Å². The summed E-state index contributed by atoms with van der Waals surface area (Å²) in [6.07, 6.45) is 2.70. The summed E-state index contributed by atoms with van der Waals surface area (Å²) in [4.78, 5) is 12.1. The first-order chi connectivity index (χ1) is 10.3. The van der Waals surface area contributed by atoms with Gasteiger partial charge in [0.25, 0.3) is 0 Å². The summed E-state index contributed by atoms with van der Waals surface area (Å²) in [7, 11) is 0. The number of carbonyl (C=O) groups excluding carboxylic acids is 1. The van der Waals surface area contributed by atoms with Crippen LogP contribution in [-0.2, 0) is 16.0 Å². The molecule has 1 aromatic carbocycles. The van der Waals surface area contributed by atoms with Crippen molar-refractivity contribution in [1.29, 1.82) is 0 Å². The second-order valence-corrected chi connectivity index (χ2v) is 5.45. The van der Waals surface area contributed by atoms with Crippen LogP contribution in [0.3, 0.4) is 0 Å². The van der Waals surface area contributed by atoms with E-state index in [-0.39, 0.29) is 24.7 Å². The van der Waals surface area contributed by atoms with Gasteiger partial charge in [-0.3, -0.25) is 4.79 Å². The molecule has 0 radical (unpaired) electrons. The summed E-state index contributed by atoms with van der Waals surface area (Å²) in [6.45, 7) is 3.52. The Bertz CT molecular complexity index is 517. The van der Waals surface area contributed by atoms with Gasteiger partial charge >= 0.3 is 5.97 Å². The fourth-order valence-electron chi connectivity index (χ4n) is 3.02. The summed E-state index contributed by atoms with van der Waals surface area (Å²) >= 11 is 0. The van der Waals surface area contributed by atoms with Gasteiger partial charge in [-0.15, -0.1) is 0 Å². The quantitative estimate of drug-likeness (QED) is 0.859. The maximum Gasteiger partial charge on any atom is 0.310 e. The van der Waals surface area contributed by atoms with Crippen LogP contribution in [0.4, 0.5) is 0 Å². The van der Waals surface area contributed by atoms with Crippen molar-refractivity contribution >= 4 is 5.97 Å². The van der Waals surface area contributed by atoms with Crippen molar-refractivity contribution in [2.75, 3.05) is 19.9 Å². The van der Waals surface area contributed by atoms with E-state index in [0.717, 1.165) is 42.9 Å². The van der Waals surface area contributed by atoms with Crippen LogP contribution >= 0.6 is 0 Å². The first-order valence-electron chi connectivity index (χ1n) is 7.56. The molecular weight excluding hydrogens is 270 g/mol. The van der Waals surface area contributed by atoms with E-state index in [0.29, 0.717) is 6.61 Å². The van der Waals surface area contributed by atoms with Crippen LogP contribution in [0.15, 0.2) is 18.2 Å². The highest BCUT2D eigenvalue weighted by atomic mass is 16.7. The van der Waals surface area contributed by atoms with Crippen LogP contribution in [-0.4, -0.2) is 32.0 Å². The van der Waals surface area contributed by atoms with Crippen LogP contribution in [0.5, 0.6) is 11.5 Å². The highest BCUT2D eigenvalue weighted by Gasteiger charge is 2.32. The van der Waals surface area contributed by atoms with Gasteiger partial charge in [0.15, 0.2) is 11.5 Å². The zero-order valence-corrected chi connectivity index (χ0v) is 12.3. The molecular formula is C16H21NO4. The molecule has 1 saturated heterocycles. The predicted octanol–water partition coefficient (Wildman–Crippen LogP) is 1.89. The molecule has 3 rings (SSSR count). The molecule has 0 bridgehead atoms. The number of ether oxygens (including phenoxy) is 3. The number of hydrogen-bond donors (Lipinski definition) is 1. The molecule has 1 N–H and O–H groups in total. The molecule has 114 valence electrons. The number of fused-ring (bicyclic) bond motifs is 1. The van der Waals surface area contributed by atoms with Gasteiger partial charge in [-0.05, 0) is 50.4 Å². The van der Waals surface area contributed by atoms with Crippen molar-refractivity contribution in [1.82, 2.24) is 5.32 Å². The zero-order chi connectivity index (χ0) is 14.7. The number of benzene rings is 1. The molecule has 0 unspecified atom stereocenters. The zero-order valence-electron chi connectivity index (χ0n) is 12.3. The monoisotopic (exact) mass is 291 g/mol. The van der Waals surface area contributed by atoms with Gasteiger partial charge in [0.05, 0.1) is 12.5 Å². The molecule has 1 fully saturated rings. The Hall–Kier alpha value is -1.75. The van der Waals surface area contributed by atoms with Gasteiger partial charge in [0, 0.05) is 6.04 Å².